The Hall–Kier alpha value is -1.93. The first-order valence-corrected chi connectivity index (χ1v) is 9.68. The molecule has 2 aromatic rings. The molecule has 1 saturated heterocycles. The van der Waals surface area contributed by atoms with Gasteiger partial charge in [-0.15, -0.1) is 5.10 Å². The number of nitrogens with zero attached hydrogens (tertiary/aromatic N) is 5. The highest BCUT2D eigenvalue weighted by Crippen LogP contribution is 2.28. The predicted octanol–water partition coefficient (Wildman–Crippen LogP) is 1.92. The van der Waals surface area contributed by atoms with Crippen molar-refractivity contribution in [3.8, 4) is 0 Å². The molecule has 2 aliphatic heterocycles. The van der Waals surface area contributed by atoms with Crippen LogP contribution in [0.5, 0.6) is 0 Å². The van der Waals surface area contributed by atoms with Gasteiger partial charge in [0.15, 0.2) is 0 Å². The van der Waals surface area contributed by atoms with Crippen LogP contribution in [0.2, 0.25) is 0 Å². The molecule has 25 heavy (non-hydrogen) atoms. The molecule has 1 amide bonds. The zero-order chi connectivity index (χ0) is 17.1. The number of fused-ring (bicyclic) bond motifs is 1. The van der Waals surface area contributed by atoms with Crippen LogP contribution in [0.3, 0.4) is 0 Å². The summed E-state index contributed by atoms with van der Waals surface area (Å²) in [5.41, 5.74) is 2.29. The number of amides is 1. The number of aromatic nitrogens is 4. The van der Waals surface area contributed by atoms with E-state index in [9.17, 15) is 4.79 Å². The normalized spacial score (nSPS) is 19.8. The fourth-order valence-electron chi connectivity index (χ4n) is 3.39. The van der Waals surface area contributed by atoms with Gasteiger partial charge in [-0.05, 0) is 47.7 Å². The van der Waals surface area contributed by atoms with E-state index in [1.807, 2.05) is 23.1 Å². The average molecular weight is 359 g/mol. The molecule has 3 heterocycles. The highest BCUT2D eigenvalue weighted by Gasteiger charge is 2.23. The van der Waals surface area contributed by atoms with Crippen LogP contribution >= 0.6 is 11.8 Å². The smallest absolute Gasteiger partial charge is 0.237 e. The van der Waals surface area contributed by atoms with E-state index in [4.69, 9.17) is 4.74 Å². The molecule has 1 aromatic heterocycles. The lowest BCUT2D eigenvalue weighted by Crippen LogP contribution is -2.36. The molecule has 1 fully saturated rings. The number of hydrogen-bond acceptors (Lipinski definition) is 6. The molecule has 1 atom stereocenters. The van der Waals surface area contributed by atoms with Gasteiger partial charge in [0.1, 0.15) is 0 Å². The third-order valence-corrected chi connectivity index (χ3v) is 5.58. The Morgan fingerprint density at radius 3 is 3.12 bits per heavy atom. The van der Waals surface area contributed by atoms with Crippen LogP contribution in [0.4, 0.5) is 5.69 Å². The maximum atomic E-state index is 12.7. The SMILES string of the molecule is O=C(CSc1nnnn1C[C@H]1CCCO1)N1CCCc2ccccc21. The van der Waals surface area contributed by atoms with Gasteiger partial charge in [-0.1, -0.05) is 30.0 Å². The van der Waals surface area contributed by atoms with Crippen LogP contribution in [0.25, 0.3) is 0 Å². The number of carbonyl (C=O) groups is 1. The minimum atomic E-state index is 0.101. The summed E-state index contributed by atoms with van der Waals surface area (Å²) in [4.78, 5) is 14.6. The van der Waals surface area contributed by atoms with Crippen molar-refractivity contribution in [1.82, 2.24) is 20.2 Å². The molecule has 0 unspecified atom stereocenters. The van der Waals surface area contributed by atoms with Crippen molar-refractivity contribution < 1.29 is 9.53 Å². The van der Waals surface area contributed by atoms with Crippen LogP contribution in [0.1, 0.15) is 24.8 Å². The van der Waals surface area contributed by atoms with E-state index in [0.29, 0.717) is 17.5 Å². The molecular weight excluding hydrogens is 338 g/mol. The molecular formula is C17H21N5O2S. The zero-order valence-corrected chi connectivity index (χ0v) is 14.8. The number of anilines is 1. The number of para-hydroxylation sites is 1. The highest BCUT2D eigenvalue weighted by atomic mass is 32.2. The van der Waals surface area contributed by atoms with Crippen molar-refractivity contribution in [2.75, 3.05) is 23.8 Å². The molecule has 4 rings (SSSR count). The molecule has 0 aliphatic carbocycles. The average Bonchev–Trinajstić information content (AvgIpc) is 3.31. The first-order valence-electron chi connectivity index (χ1n) is 8.70. The first kappa shape index (κ1) is 16.5. The molecule has 1 aromatic carbocycles. The van der Waals surface area contributed by atoms with Gasteiger partial charge in [-0.3, -0.25) is 4.79 Å². The topological polar surface area (TPSA) is 73.1 Å². The summed E-state index contributed by atoms with van der Waals surface area (Å²) in [7, 11) is 0. The third kappa shape index (κ3) is 3.69. The van der Waals surface area contributed by atoms with E-state index >= 15 is 0 Å². The number of tetrazole rings is 1. The van der Waals surface area contributed by atoms with Gasteiger partial charge in [0, 0.05) is 18.8 Å². The fourth-order valence-corrected chi connectivity index (χ4v) is 4.16. The first-order chi connectivity index (χ1) is 12.3. The van der Waals surface area contributed by atoms with Crippen molar-refractivity contribution in [3.63, 3.8) is 0 Å². The Bertz CT molecular complexity index is 744. The van der Waals surface area contributed by atoms with E-state index in [2.05, 4.69) is 21.6 Å². The number of carbonyl (C=O) groups excluding carboxylic acids is 1. The van der Waals surface area contributed by atoms with Gasteiger partial charge in [0.2, 0.25) is 11.1 Å². The van der Waals surface area contributed by atoms with Crippen LogP contribution in [0, 0.1) is 0 Å². The number of benzene rings is 1. The van der Waals surface area contributed by atoms with Crippen LogP contribution in [-0.2, 0) is 22.5 Å². The molecule has 132 valence electrons. The van der Waals surface area contributed by atoms with Gasteiger partial charge in [0.05, 0.1) is 18.4 Å². The Morgan fingerprint density at radius 1 is 1.32 bits per heavy atom. The minimum absolute atomic E-state index is 0.101. The molecule has 0 N–H and O–H groups in total. The lowest BCUT2D eigenvalue weighted by molar-refractivity contribution is -0.116. The lowest BCUT2D eigenvalue weighted by atomic mass is 10.0. The van der Waals surface area contributed by atoms with Gasteiger partial charge in [-0.25, -0.2) is 4.68 Å². The minimum Gasteiger partial charge on any atom is -0.376 e. The summed E-state index contributed by atoms with van der Waals surface area (Å²) in [6.45, 7) is 2.23. The standard InChI is InChI=1S/C17H21N5O2S/c23-16(21-9-3-6-13-5-1-2-8-15(13)21)12-25-17-18-19-20-22(17)11-14-7-4-10-24-14/h1-2,5,8,14H,3-4,6-7,9-12H2/t14-/m1/s1. The molecule has 0 saturated carbocycles. The number of aryl methyl sites for hydroxylation is 1. The molecule has 0 bridgehead atoms. The van der Waals surface area contributed by atoms with Crippen molar-refractivity contribution in [2.45, 2.75) is 43.5 Å². The largest absolute Gasteiger partial charge is 0.376 e. The molecule has 0 spiro atoms. The monoisotopic (exact) mass is 359 g/mol. The number of ether oxygens (including phenoxy) is 1. The van der Waals surface area contributed by atoms with E-state index in [1.54, 1.807) is 4.68 Å². The van der Waals surface area contributed by atoms with E-state index < -0.39 is 0 Å². The summed E-state index contributed by atoms with van der Waals surface area (Å²) in [6, 6.07) is 8.14. The van der Waals surface area contributed by atoms with Gasteiger partial charge in [0.25, 0.3) is 0 Å². The Kier molecular flexibility index (Phi) is 4.98. The number of thioether (sulfide) groups is 1. The van der Waals surface area contributed by atoms with Crippen molar-refractivity contribution >= 4 is 23.4 Å². The van der Waals surface area contributed by atoms with E-state index in [-0.39, 0.29) is 12.0 Å². The Labute approximate surface area is 150 Å². The van der Waals surface area contributed by atoms with Gasteiger partial charge >= 0.3 is 0 Å². The van der Waals surface area contributed by atoms with Gasteiger partial charge < -0.3 is 9.64 Å². The fraction of sp³-hybridized carbons (Fsp3) is 0.529. The summed E-state index contributed by atoms with van der Waals surface area (Å²) in [5.74, 6) is 0.434. The van der Waals surface area contributed by atoms with Crippen molar-refractivity contribution in [1.29, 1.82) is 0 Å². The zero-order valence-electron chi connectivity index (χ0n) is 14.0. The van der Waals surface area contributed by atoms with Crippen LogP contribution < -0.4 is 4.90 Å². The van der Waals surface area contributed by atoms with Crippen LogP contribution in [-0.4, -0.2) is 51.1 Å². The van der Waals surface area contributed by atoms with Crippen LogP contribution in [0.15, 0.2) is 29.4 Å². The summed E-state index contributed by atoms with van der Waals surface area (Å²) < 4.78 is 7.39. The summed E-state index contributed by atoms with van der Waals surface area (Å²) in [6.07, 6.45) is 4.33. The second kappa shape index (κ2) is 7.53. The second-order valence-electron chi connectivity index (χ2n) is 6.34. The Balaban J connectivity index is 1.39. The molecule has 2 aliphatic rings. The maximum absolute atomic E-state index is 12.7. The van der Waals surface area contributed by atoms with E-state index in [0.717, 1.165) is 44.5 Å². The van der Waals surface area contributed by atoms with Crippen molar-refractivity contribution in [3.05, 3.63) is 29.8 Å². The van der Waals surface area contributed by atoms with E-state index in [1.165, 1.54) is 17.3 Å². The highest BCUT2D eigenvalue weighted by molar-refractivity contribution is 7.99. The summed E-state index contributed by atoms with van der Waals surface area (Å²) >= 11 is 1.39. The van der Waals surface area contributed by atoms with Gasteiger partial charge in [-0.2, -0.15) is 0 Å². The second-order valence-corrected chi connectivity index (χ2v) is 7.29. The number of hydrogen-bond donors (Lipinski definition) is 0. The number of rotatable bonds is 5. The maximum Gasteiger partial charge on any atom is 0.237 e. The summed E-state index contributed by atoms with van der Waals surface area (Å²) in [5, 5.41) is 12.5. The lowest BCUT2D eigenvalue weighted by Gasteiger charge is -2.29. The third-order valence-electron chi connectivity index (χ3n) is 4.64. The molecule has 0 radical (unpaired) electrons. The molecule has 8 heteroatoms. The molecule has 7 nitrogen and oxygen atoms in total. The predicted molar refractivity (Wildman–Crippen MR) is 94.6 cm³/mol. The Morgan fingerprint density at radius 2 is 2.24 bits per heavy atom. The van der Waals surface area contributed by atoms with Crippen molar-refractivity contribution in [2.24, 2.45) is 0 Å². The quantitative estimate of drug-likeness (QED) is 0.760.